The molecule has 30 nitrogen and oxygen atoms in total. The van der Waals surface area contributed by atoms with Crippen molar-refractivity contribution < 1.29 is 0 Å². The van der Waals surface area contributed by atoms with Gasteiger partial charge >= 0.3 is 0 Å². The topological polar surface area (TPSA) is 446 Å². The summed E-state index contributed by atoms with van der Waals surface area (Å²) in [4.78, 5) is 103. The predicted octanol–water partition coefficient (Wildman–Crippen LogP) is 22.6. The highest BCUT2D eigenvalue weighted by Gasteiger charge is 2.23. The Morgan fingerprint density at radius 1 is 0.194 bits per heavy atom. The van der Waals surface area contributed by atoms with Gasteiger partial charge in [-0.25, -0.2) is 84.4 Å². The van der Waals surface area contributed by atoms with Crippen LogP contribution in [0.3, 0.4) is 0 Å². The molecule has 0 radical (unpaired) electrons. The van der Waals surface area contributed by atoms with Gasteiger partial charge < -0.3 is 0 Å². The Bertz CT molecular complexity index is 7850. The van der Waals surface area contributed by atoms with E-state index in [2.05, 4.69) is 97.0 Å². The Labute approximate surface area is 821 Å². The van der Waals surface area contributed by atoms with Gasteiger partial charge in [0.2, 0.25) is 5.69 Å². The van der Waals surface area contributed by atoms with Gasteiger partial charge in [0, 0.05) is 119 Å². The number of nitrogens with zero attached hydrogens (tertiary/aromatic N) is 30. The summed E-state index contributed by atoms with van der Waals surface area (Å²) in [6.07, 6.45) is 19.1. The molecule has 0 saturated heterocycles. The first-order valence-corrected chi connectivity index (χ1v) is 43.9. The van der Waals surface area contributed by atoms with Crippen LogP contribution in [0.5, 0.6) is 0 Å². The molecule has 0 spiro atoms. The van der Waals surface area contributed by atoms with Gasteiger partial charge in [-0.3, -0.25) is 29.9 Å². The van der Waals surface area contributed by atoms with E-state index in [-0.39, 0.29) is 17.5 Å². The molecule has 15 aromatic heterocycles. The minimum atomic E-state index is 0.255. The zero-order valence-corrected chi connectivity index (χ0v) is 75.1. The summed E-state index contributed by atoms with van der Waals surface area (Å²) in [5, 5.41) is 66.3. The third kappa shape index (κ3) is 20.5. The van der Waals surface area contributed by atoms with Gasteiger partial charge in [-0.05, 0) is 219 Å². The number of hydrogen-bond donors (Lipinski definition) is 0. The number of pyridine rings is 12. The summed E-state index contributed by atoms with van der Waals surface area (Å²) in [5.41, 5.74) is 22.6. The van der Waals surface area contributed by atoms with E-state index in [4.69, 9.17) is 73.0 Å². The smallest absolute Gasteiger partial charge is 0.212 e. The van der Waals surface area contributed by atoms with Crippen molar-refractivity contribution in [1.82, 2.24) is 105 Å². The summed E-state index contributed by atoms with van der Waals surface area (Å²) in [7, 11) is 0. The molecule has 0 atom stereocenters. The van der Waals surface area contributed by atoms with E-state index < -0.39 is 0 Å². The van der Waals surface area contributed by atoms with E-state index in [0.29, 0.717) is 137 Å². The zero-order valence-electron chi connectivity index (χ0n) is 75.1. The fourth-order valence-corrected chi connectivity index (χ4v) is 15.5. The Hall–Kier alpha value is -22.4. The van der Waals surface area contributed by atoms with Gasteiger partial charge in [0.05, 0.1) is 81.7 Å². The van der Waals surface area contributed by atoms with E-state index in [1.54, 1.807) is 165 Å². The van der Waals surface area contributed by atoms with Crippen LogP contribution in [-0.2, 0) is 0 Å². The standard InChI is InChI=1S/2C39H21N9.C36H18N12/c1-42-36-24-45-16-13-35(36)27-7-4-10-30(19-27)39-47-37(28-8-2-5-25(17-28)33-11-14-43-22-31(33)20-40)46-38(48-39)29-9-3-6-26(18-29)34-12-15-44-23-32(34)21-41;40-22-34-19-28(10-13-43-34)25-4-1-7-31(16-25)37-46-38(32-8-2-5-26(17-32)29-11-14-44-35(20-29)23-41)48-39(47-37)33-9-3-6-27(18-33)30-12-15-45-36(21-30)24-42;1-39-24-13-16-42-33(19-24)27-7-4-10-30(45-27)36-47-34(28-8-2-5-25(43-28)31-17-22(20-37)11-14-40-31)46-35(48-36)29-9-3-6-26(44-29)32-18-23(21-38)12-15-41-32/h2-19,22-24H;1-21H;2-19H. The quantitative estimate of drug-likeness (QED) is 0.0720. The monoisotopic (exact) mass is 1850 g/mol. The average molecular weight is 1850 g/mol. The van der Waals surface area contributed by atoms with E-state index in [0.717, 1.165) is 100 Å². The molecule has 0 N–H and O–H groups in total. The summed E-state index contributed by atoms with van der Waals surface area (Å²) in [5.74, 6) is 3.48. The third-order valence-corrected chi connectivity index (χ3v) is 22.4. The van der Waals surface area contributed by atoms with Crippen LogP contribution in [0.1, 0.15) is 39.3 Å². The van der Waals surface area contributed by atoms with Crippen molar-refractivity contribution in [1.29, 1.82) is 36.8 Å². The number of nitriles is 7. The van der Waals surface area contributed by atoms with E-state index in [1.807, 2.05) is 200 Å². The average Bonchev–Trinajstić information content (AvgIpc) is 0.782. The minimum absolute atomic E-state index is 0.255. The first kappa shape index (κ1) is 90.7. The molecule has 21 aromatic rings. The molecule has 0 unspecified atom stereocenters. The Balaban J connectivity index is 0.000000137. The maximum atomic E-state index is 9.70. The van der Waals surface area contributed by atoms with Crippen molar-refractivity contribution in [2.45, 2.75) is 0 Å². The molecule has 144 heavy (non-hydrogen) atoms. The number of hydrogen-bond acceptors (Lipinski definition) is 28. The van der Waals surface area contributed by atoms with Gasteiger partial charge in [-0.2, -0.15) is 36.8 Å². The van der Waals surface area contributed by atoms with E-state index in [1.165, 1.54) is 0 Å². The molecule has 0 saturated carbocycles. The van der Waals surface area contributed by atoms with E-state index in [9.17, 15) is 36.8 Å². The first-order valence-electron chi connectivity index (χ1n) is 43.9. The maximum Gasteiger partial charge on any atom is 0.212 e. The van der Waals surface area contributed by atoms with Crippen LogP contribution in [0, 0.1) is 92.5 Å². The number of benzene rings is 6. The normalized spacial score (nSPS) is 10.4. The Kier molecular flexibility index (Phi) is 26.5. The van der Waals surface area contributed by atoms with Crippen molar-refractivity contribution in [2.75, 3.05) is 0 Å². The lowest BCUT2D eigenvalue weighted by Crippen LogP contribution is -2.04. The maximum absolute atomic E-state index is 9.70. The van der Waals surface area contributed by atoms with Crippen molar-refractivity contribution in [2.24, 2.45) is 0 Å². The van der Waals surface area contributed by atoms with Crippen molar-refractivity contribution in [3.63, 3.8) is 0 Å². The Morgan fingerprint density at radius 2 is 0.472 bits per heavy atom. The third-order valence-electron chi connectivity index (χ3n) is 22.4. The van der Waals surface area contributed by atoms with Crippen LogP contribution in [-0.4, -0.2) is 105 Å². The SMILES string of the molecule is N#Cc1cc(-c2cccc(-c3nc(-c4cccc(-c5ccnc(C#N)c5)c4)nc(-c4cccc(-c5ccnc(C#N)c5)c4)n3)c2)ccn1.[C-]#[N+]c1ccnc(-c2cccc(-c3nc(-c4cccc(-c5cc(C#N)ccn5)n4)nc(-c4cccc(-c5cc(C#N)ccn5)n4)n3)n2)c1.[C-]#[N+]c1cnccc1-c1cccc(-c2nc(-c3cccc(-c4ccncc4C#N)c3)nc(-c3cccc(-c4ccncc4C#N)c3)n2)c1. The van der Waals surface area contributed by atoms with Crippen LogP contribution < -0.4 is 0 Å². The fraction of sp³-hybridized carbons (Fsp3) is 0. The summed E-state index contributed by atoms with van der Waals surface area (Å²) < 4.78 is 0. The molecule has 0 fully saturated rings. The van der Waals surface area contributed by atoms with Crippen LogP contribution in [0.15, 0.2) is 366 Å². The highest BCUT2D eigenvalue weighted by molar-refractivity contribution is 5.84. The molecule has 0 aliphatic heterocycles. The molecule has 0 aliphatic carbocycles. The number of aromatic nitrogens is 21. The van der Waals surface area contributed by atoms with Crippen molar-refractivity contribution in [3.05, 3.63) is 428 Å². The minimum Gasteiger partial charge on any atom is -0.276 e. The highest BCUT2D eigenvalue weighted by Crippen LogP contribution is 2.39. The van der Waals surface area contributed by atoms with Crippen LogP contribution in [0.25, 0.3) is 213 Å². The predicted molar refractivity (Wildman–Crippen MR) is 536 cm³/mol. The second-order valence-electron chi connectivity index (χ2n) is 31.4. The second kappa shape index (κ2) is 42.0. The van der Waals surface area contributed by atoms with Gasteiger partial charge in [0.15, 0.2) is 58.1 Å². The molecule has 30 heteroatoms. The first-order chi connectivity index (χ1) is 70.8. The molecule has 666 valence electrons. The summed E-state index contributed by atoms with van der Waals surface area (Å²) in [6, 6.07) is 104. The van der Waals surface area contributed by atoms with Crippen molar-refractivity contribution in [3.8, 4) is 246 Å². The molecular weight excluding hydrogens is 1790 g/mol. The molecule has 0 bridgehead atoms. The lowest BCUT2D eigenvalue weighted by molar-refractivity contribution is 1.03. The van der Waals surface area contributed by atoms with Gasteiger partial charge in [0.1, 0.15) is 64.5 Å². The van der Waals surface area contributed by atoms with Gasteiger partial charge in [-0.1, -0.05) is 127 Å². The summed E-state index contributed by atoms with van der Waals surface area (Å²) >= 11 is 0. The van der Waals surface area contributed by atoms with Crippen molar-refractivity contribution >= 4 is 11.4 Å². The molecule has 0 aliphatic rings. The molecule has 15 heterocycles. The fourth-order valence-electron chi connectivity index (χ4n) is 15.5. The number of rotatable bonds is 18. The molecule has 21 rings (SSSR count). The largest absolute Gasteiger partial charge is 0.276 e. The Morgan fingerprint density at radius 3 is 0.806 bits per heavy atom. The molecule has 6 aromatic carbocycles. The van der Waals surface area contributed by atoms with Crippen LogP contribution in [0.4, 0.5) is 11.4 Å². The molecular formula is C114H60N30. The lowest BCUT2D eigenvalue weighted by Gasteiger charge is -2.12. The summed E-state index contributed by atoms with van der Waals surface area (Å²) in [6.45, 7) is 15.0. The van der Waals surface area contributed by atoms with Gasteiger partial charge in [-0.15, -0.1) is 0 Å². The second-order valence-corrected chi connectivity index (χ2v) is 31.4. The molecule has 0 amide bonds. The highest BCUT2D eigenvalue weighted by atomic mass is 15.1. The van der Waals surface area contributed by atoms with Gasteiger partial charge in [0.25, 0.3) is 0 Å². The van der Waals surface area contributed by atoms with E-state index >= 15 is 0 Å². The van der Waals surface area contributed by atoms with Crippen LogP contribution in [0.2, 0.25) is 0 Å². The zero-order chi connectivity index (χ0) is 98.6. The lowest BCUT2D eigenvalue weighted by atomic mass is 9.99. The van der Waals surface area contributed by atoms with Crippen LogP contribution >= 0.6 is 0 Å².